The quantitative estimate of drug-likeness (QED) is 0.273. The standard InChI is InChI=1S/C24H36FN/c1-7-8-17-24(5,6)18-16-21(3)14-15-22(4)23(25)13-9-11-20(2)12-10-19-26/h11,16H,9-10,12-15,17-18H2,1-6H3/b20-11+,21-16+,23-22-. The summed E-state index contributed by atoms with van der Waals surface area (Å²) in [4.78, 5) is 0. The van der Waals surface area contributed by atoms with Gasteiger partial charge in [0, 0.05) is 19.3 Å². The molecule has 0 heterocycles. The third-order valence-electron chi connectivity index (χ3n) is 4.59. The number of hydrogen-bond acceptors (Lipinski definition) is 1. The van der Waals surface area contributed by atoms with E-state index in [4.69, 9.17) is 5.26 Å². The molecule has 0 aromatic rings. The fourth-order valence-corrected chi connectivity index (χ4v) is 2.49. The number of halogens is 1. The van der Waals surface area contributed by atoms with Gasteiger partial charge in [0.05, 0.1) is 11.9 Å². The third kappa shape index (κ3) is 12.5. The summed E-state index contributed by atoms with van der Waals surface area (Å²) in [6.45, 7) is 12.4. The van der Waals surface area contributed by atoms with Gasteiger partial charge < -0.3 is 0 Å². The highest BCUT2D eigenvalue weighted by molar-refractivity contribution is 5.11. The van der Waals surface area contributed by atoms with Crippen molar-refractivity contribution in [1.82, 2.24) is 0 Å². The minimum Gasteiger partial charge on any atom is -0.212 e. The summed E-state index contributed by atoms with van der Waals surface area (Å²) in [5, 5.41) is 8.57. The van der Waals surface area contributed by atoms with Crippen molar-refractivity contribution in [2.75, 3.05) is 0 Å². The van der Waals surface area contributed by atoms with Crippen LogP contribution in [0.2, 0.25) is 0 Å². The van der Waals surface area contributed by atoms with Crippen molar-refractivity contribution in [2.24, 2.45) is 5.41 Å². The molecule has 144 valence electrons. The van der Waals surface area contributed by atoms with Crippen LogP contribution in [-0.4, -0.2) is 0 Å². The Bertz CT molecular complexity index is 615. The van der Waals surface area contributed by atoms with Crippen molar-refractivity contribution >= 4 is 0 Å². The van der Waals surface area contributed by atoms with E-state index in [2.05, 4.69) is 50.8 Å². The fourth-order valence-electron chi connectivity index (χ4n) is 2.49. The highest BCUT2D eigenvalue weighted by atomic mass is 19.1. The molecule has 0 bridgehead atoms. The lowest BCUT2D eigenvalue weighted by molar-refractivity contribution is 0.382. The van der Waals surface area contributed by atoms with Crippen LogP contribution in [0, 0.1) is 28.6 Å². The van der Waals surface area contributed by atoms with Gasteiger partial charge in [-0.2, -0.15) is 5.26 Å². The average molecular weight is 358 g/mol. The van der Waals surface area contributed by atoms with Crippen LogP contribution < -0.4 is 0 Å². The van der Waals surface area contributed by atoms with Crippen LogP contribution in [0.4, 0.5) is 4.39 Å². The minimum absolute atomic E-state index is 0.0145. The molecule has 0 saturated carbocycles. The Kier molecular flexibility index (Phi) is 12.5. The summed E-state index contributed by atoms with van der Waals surface area (Å²) in [6.07, 6.45) is 10.4. The number of nitrogens with zero attached hydrogens (tertiary/aromatic N) is 1. The maximum atomic E-state index is 14.2. The number of rotatable bonds is 11. The van der Waals surface area contributed by atoms with Crippen molar-refractivity contribution in [3.8, 4) is 17.9 Å². The third-order valence-corrected chi connectivity index (χ3v) is 4.59. The second kappa shape index (κ2) is 13.4. The molecule has 0 aromatic heterocycles. The molecule has 26 heavy (non-hydrogen) atoms. The van der Waals surface area contributed by atoms with Crippen LogP contribution >= 0.6 is 0 Å². The molecular formula is C24H36FN. The number of hydrogen-bond donors (Lipinski definition) is 0. The van der Waals surface area contributed by atoms with Gasteiger partial charge in [-0.25, -0.2) is 4.39 Å². The van der Waals surface area contributed by atoms with Gasteiger partial charge >= 0.3 is 0 Å². The summed E-state index contributed by atoms with van der Waals surface area (Å²) in [5.74, 6) is 6.13. The van der Waals surface area contributed by atoms with E-state index in [1.165, 1.54) is 11.1 Å². The smallest absolute Gasteiger partial charge is 0.0991 e. The van der Waals surface area contributed by atoms with E-state index in [1.54, 1.807) is 0 Å². The SMILES string of the molecule is CC#CCC(C)(C)C/C=C(\C)CC/C(C)=C(\F)CC/C=C(\C)CCC#N. The highest BCUT2D eigenvalue weighted by Crippen LogP contribution is 2.27. The Labute approximate surface area is 161 Å². The molecule has 0 aliphatic rings. The van der Waals surface area contributed by atoms with Crippen LogP contribution in [0.25, 0.3) is 0 Å². The number of nitriles is 1. The largest absolute Gasteiger partial charge is 0.212 e. The molecular weight excluding hydrogens is 321 g/mol. The Hall–Kier alpha value is -1.80. The van der Waals surface area contributed by atoms with Gasteiger partial charge in [0.25, 0.3) is 0 Å². The van der Waals surface area contributed by atoms with Crippen molar-refractivity contribution < 1.29 is 4.39 Å². The summed E-state index contributed by atoms with van der Waals surface area (Å²) in [6, 6.07) is 2.14. The van der Waals surface area contributed by atoms with Gasteiger partial charge in [-0.15, -0.1) is 11.8 Å². The molecule has 0 aromatic carbocycles. The molecule has 2 heteroatoms. The first-order valence-electron chi connectivity index (χ1n) is 9.63. The molecule has 0 unspecified atom stereocenters. The monoisotopic (exact) mass is 357 g/mol. The summed E-state index contributed by atoms with van der Waals surface area (Å²) >= 11 is 0. The van der Waals surface area contributed by atoms with Gasteiger partial charge in [-0.05, 0) is 70.8 Å². The van der Waals surface area contributed by atoms with Crippen LogP contribution in [0.5, 0.6) is 0 Å². The average Bonchev–Trinajstić information content (AvgIpc) is 2.60. The molecule has 0 aliphatic carbocycles. The zero-order chi connectivity index (χ0) is 20.0. The topological polar surface area (TPSA) is 23.8 Å². The zero-order valence-electron chi connectivity index (χ0n) is 17.6. The lowest BCUT2D eigenvalue weighted by atomic mass is 9.85. The molecule has 0 amide bonds. The van der Waals surface area contributed by atoms with Gasteiger partial charge in [0.15, 0.2) is 0 Å². The first-order valence-corrected chi connectivity index (χ1v) is 9.63. The van der Waals surface area contributed by atoms with E-state index in [0.717, 1.165) is 37.7 Å². The van der Waals surface area contributed by atoms with Gasteiger partial charge in [0.2, 0.25) is 0 Å². The fraction of sp³-hybridized carbons (Fsp3) is 0.625. The van der Waals surface area contributed by atoms with E-state index in [9.17, 15) is 4.39 Å². The Balaban J connectivity index is 4.40. The molecule has 0 fully saturated rings. The van der Waals surface area contributed by atoms with Gasteiger partial charge in [-0.1, -0.05) is 37.1 Å². The van der Waals surface area contributed by atoms with Crippen LogP contribution in [0.1, 0.15) is 92.9 Å². The Morgan fingerprint density at radius 2 is 1.65 bits per heavy atom. The van der Waals surface area contributed by atoms with Gasteiger partial charge in [0.1, 0.15) is 0 Å². The first kappa shape index (κ1) is 24.2. The minimum atomic E-state index is 0.0145. The normalized spacial score (nSPS) is 13.6. The predicted molar refractivity (Wildman–Crippen MR) is 111 cm³/mol. The summed E-state index contributed by atoms with van der Waals surface area (Å²) < 4.78 is 14.2. The summed E-state index contributed by atoms with van der Waals surface area (Å²) in [5.41, 5.74) is 3.54. The van der Waals surface area contributed by atoms with Crippen LogP contribution in [-0.2, 0) is 0 Å². The lowest BCUT2D eigenvalue weighted by Gasteiger charge is -2.20. The van der Waals surface area contributed by atoms with Crippen molar-refractivity contribution in [3.05, 3.63) is 34.7 Å². The molecule has 0 spiro atoms. The first-order chi connectivity index (χ1) is 12.2. The molecule has 0 atom stereocenters. The van der Waals surface area contributed by atoms with Crippen molar-refractivity contribution in [2.45, 2.75) is 92.9 Å². The second-order valence-electron chi connectivity index (χ2n) is 7.95. The van der Waals surface area contributed by atoms with E-state index < -0.39 is 0 Å². The molecule has 1 nitrogen and oxygen atoms in total. The Morgan fingerprint density at radius 3 is 2.27 bits per heavy atom. The predicted octanol–water partition coefficient (Wildman–Crippen LogP) is 7.82. The molecule has 0 aliphatic heterocycles. The number of allylic oxidation sites excluding steroid dienone is 6. The lowest BCUT2D eigenvalue weighted by Crippen LogP contribution is -2.08. The maximum Gasteiger partial charge on any atom is 0.0991 e. The second-order valence-corrected chi connectivity index (χ2v) is 7.95. The Morgan fingerprint density at radius 1 is 1.00 bits per heavy atom. The van der Waals surface area contributed by atoms with E-state index in [1.807, 2.05) is 20.8 Å². The van der Waals surface area contributed by atoms with Crippen LogP contribution in [0.3, 0.4) is 0 Å². The summed E-state index contributed by atoms with van der Waals surface area (Å²) in [7, 11) is 0. The van der Waals surface area contributed by atoms with Crippen molar-refractivity contribution in [1.29, 1.82) is 5.26 Å². The van der Waals surface area contributed by atoms with Crippen molar-refractivity contribution in [3.63, 3.8) is 0 Å². The molecule has 0 N–H and O–H groups in total. The van der Waals surface area contributed by atoms with Gasteiger partial charge in [-0.3, -0.25) is 0 Å². The molecule has 0 saturated heterocycles. The zero-order valence-corrected chi connectivity index (χ0v) is 17.6. The highest BCUT2D eigenvalue weighted by Gasteiger charge is 2.14. The van der Waals surface area contributed by atoms with E-state index in [0.29, 0.717) is 19.3 Å². The maximum absolute atomic E-state index is 14.2. The molecule has 0 radical (unpaired) electrons. The van der Waals surface area contributed by atoms with Crippen LogP contribution in [0.15, 0.2) is 34.7 Å². The van der Waals surface area contributed by atoms with E-state index >= 15 is 0 Å². The van der Waals surface area contributed by atoms with E-state index in [-0.39, 0.29) is 11.2 Å². The molecule has 0 rings (SSSR count).